The summed E-state index contributed by atoms with van der Waals surface area (Å²) in [6.07, 6.45) is 1.13. The molecule has 1 saturated heterocycles. The summed E-state index contributed by atoms with van der Waals surface area (Å²) >= 11 is 2.29. The summed E-state index contributed by atoms with van der Waals surface area (Å²) in [5, 5.41) is 0. The summed E-state index contributed by atoms with van der Waals surface area (Å²) in [6.45, 7) is 8.86. The number of hydrogen-bond acceptors (Lipinski definition) is 2. The molecule has 1 heterocycles. The second-order valence-corrected chi connectivity index (χ2v) is 7.29. The van der Waals surface area contributed by atoms with Crippen LogP contribution in [0.3, 0.4) is 0 Å². The molecule has 136 valence electrons. The number of likely N-dealkylation sites (tertiary alicyclic amines) is 1. The van der Waals surface area contributed by atoms with Crippen molar-refractivity contribution in [3.63, 3.8) is 0 Å². The Morgan fingerprint density at radius 2 is 1.52 bits per heavy atom. The van der Waals surface area contributed by atoms with E-state index >= 15 is 0 Å². The number of benzene rings is 2. The van der Waals surface area contributed by atoms with E-state index in [9.17, 15) is 4.79 Å². The van der Waals surface area contributed by atoms with Gasteiger partial charge in [0, 0.05) is 31.5 Å². The molecule has 1 fully saturated rings. The number of carbonyl (C=O) groups is 1. The normalized spacial score (nSPS) is 19.2. The molecule has 0 aromatic heterocycles. The van der Waals surface area contributed by atoms with Crippen LogP contribution in [0.25, 0.3) is 0 Å². The van der Waals surface area contributed by atoms with Gasteiger partial charge in [-0.05, 0) is 15.6 Å². The second kappa shape index (κ2) is 13.1. The number of hydrogen-bond donors (Lipinski definition) is 0. The lowest BCUT2D eigenvalue weighted by molar-refractivity contribution is -0.111. The molecular formula is C22H30INO. The Hall–Kier alpha value is -1.20. The average molecular weight is 451 g/mol. The molecule has 3 heteroatoms. The molecule has 2 aromatic carbocycles. The van der Waals surface area contributed by atoms with Crippen molar-refractivity contribution in [1.29, 1.82) is 0 Å². The van der Waals surface area contributed by atoms with Crippen LogP contribution in [0.4, 0.5) is 0 Å². The zero-order valence-corrected chi connectivity index (χ0v) is 17.7. The Morgan fingerprint density at radius 3 is 2.04 bits per heavy atom. The number of halogens is 1. The smallest absolute Gasteiger partial charge is 0.125 e. The van der Waals surface area contributed by atoms with Gasteiger partial charge in [0.15, 0.2) is 0 Å². The first-order chi connectivity index (χ1) is 12.3. The lowest BCUT2D eigenvalue weighted by Gasteiger charge is -2.16. The first-order valence-corrected chi connectivity index (χ1v) is 10.6. The summed E-state index contributed by atoms with van der Waals surface area (Å²) in [6, 6.07) is 20.9. The molecule has 0 unspecified atom stereocenters. The molecule has 25 heavy (non-hydrogen) atoms. The second-order valence-electron chi connectivity index (χ2n) is 5.76. The molecule has 2 atom stereocenters. The summed E-state index contributed by atoms with van der Waals surface area (Å²) in [7, 11) is 0. The van der Waals surface area contributed by atoms with Crippen molar-refractivity contribution in [2.45, 2.75) is 33.2 Å². The number of rotatable bonds is 4. The molecule has 0 radical (unpaired) electrons. The number of carbonyl (C=O) groups excluding carboxylic acids is 1. The molecule has 0 bridgehead atoms. The highest BCUT2D eigenvalue weighted by Crippen LogP contribution is 2.32. The molecule has 0 N–H and O–H groups in total. The molecule has 0 saturated carbocycles. The maximum atomic E-state index is 11.4. The Morgan fingerprint density at radius 1 is 1.00 bits per heavy atom. The summed E-state index contributed by atoms with van der Waals surface area (Å²) in [5.41, 5.74) is 2.59. The molecule has 0 spiro atoms. The van der Waals surface area contributed by atoms with Gasteiger partial charge in [0.1, 0.15) is 6.29 Å². The Balaban J connectivity index is 0.000000567. The SMILES string of the molecule is CC.CCI.O=C[C@H]1CN(Cc2ccccc2)C[C@@H]1c1ccccc1. The highest BCUT2D eigenvalue weighted by molar-refractivity contribution is 14.1. The third-order valence-corrected chi connectivity index (χ3v) is 4.09. The van der Waals surface area contributed by atoms with Crippen molar-refractivity contribution >= 4 is 28.9 Å². The lowest BCUT2D eigenvalue weighted by Crippen LogP contribution is -2.20. The number of alkyl halides is 1. The first-order valence-electron chi connectivity index (χ1n) is 9.11. The Kier molecular flexibility index (Phi) is 11.4. The van der Waals surface area contributed by atoms with Crippen molar-refractivity contribution in [1.82, 2.24) is 4.90 Å². The summed E-state index contributed by atoms with van der Waals surface area (Å²) in [4.78, 5) is 13.7. The lowest BCUT2D eigenvalue weighted by atomic mass is 9.90. The molecular weight excluding hydrogens is 421 g/mol. The topological polar surface area (TPSA) is 20.3 Å². The quantitative estimate of drug-likeness (QED) is 0.344. The van der Waals surface area contributed by atoms with Crippen LogP contribution in [0.2, 0.25) is 0 Å². The van der Waals surface area contributed by atoms with Gasteiger partial charge in [0.25, 0.3) is 0 Å². The Bertz CT molecular complexity index is 573. The van der Waals surface area contributed by atoms with Gasteiger partial charge in [0.05, 0.1) is 0 Å². The van der Waals surface area contributed by atoms with Crippen LogP contribution in [0.5, 0.6) is 0 Å². The van der Waals surface area contributed by atoms with E-state index in [1.807, 2.05) is 26.0 Å². The van der Waals surface area contributed by atoms with Gasteiger partial charge >= 0.3 is 0 Å². The van der Waals surface area contributed by atoms with Crippen LogP contribution in [-0.4, -0.2) is 28.7 Å². The van der Waals surface area contributed by atoms with Gasteiger partial charge in [-0.1, -0.05) is 104 Å². The van der Waals surface area contributed by atoms with Crippen LogP contribution in [0, 0.1) is 5.92 Å². The zero-order valence-electron chi connectivity index (χ0n) is 15.6. The van der Waals surface area contributed by atoms with E-state index in [4.69, 9.17) is 0 Å². The van der Waals surface area contributed by atoms with Gasteiger partial charge in [-0.15, -0.1) is 0 Å². The zero-order chi connectivity index (χ0) is 18.5. The number of aldehydes is 1. The van der Waals surface area contributed by atoms with E-state index in [2.05, 4.69) is 82.9 Å². The van der Waals surface area contributed by atoms with Crippen LogP contribution in [0.1, 0.15) is 37.8 Å². The van der Waals surface area contributed by atoms with E-state index in [0.29, 0.717) is 5.92 Å². The maximum Gasteiger partial charge on any atom is 0.125 e. The largest absolute Gasteiger partial charge is 0.303 e. The van der Waals surface area contributed by atoms with E-state index in [1.54, 1.807) is 0 Å². The van der Waals surface area contributed by atoms with E-state index in [-0.39, 0.29) is 5.92 Å². The predicted octanol–water partition coefficient (Wildman–Crippen LogP) is 5.57. The van der Waals surface area contributed by atoms with Crippen molar-refractivity contribution in [2.24, 2.45) is 5.92 Å². The standard InChI is InChI=1S/C18H19NO.C2H5I.C2H6/c20-14-17-12-19(11-15-7-3-1-4-8-15)13-18(17)16-9-5-2-6-10-16;1-2-3;1-2/h1-10,14,17-18H,11-13H2;2H2,1H3;1-2H3/t17-,18-;;/m1../s1. The number of nitrogens with zero attached hydrogens (tertiary/aromatic N) is 1. The van der Waals surface area contributed by atoms with Gasteiger partial charge < -0.3 is 4.79 Å². The van der Waals surface area contributed by atoms with Gasteiger partial charge in [-0.25, -0.2) is 0 Å². The first kappa shape index (κ1) is 21.8. The minimum Gasteiger partial charge on any atom is -0.303 e. The van der Waals surface area contributed by atoms with Crippen LogP contribution < -0.4 is 0 Å². The summed E-state index contributed by atoms with van der Waals surface area (Å²) in [5.74, 6) is 0.443. The molecule has 0 aliphatic carbocycles. The van der Waals surface area contributed by atoms with Crippen molar-refractivity contribution in [2.75, 3.05) is 17.5 Å². The van der Waals surface area contributed by atoms with Gasteiger partial charge in [-0.3, -0.25) is 4.90 Å². The van der Waals surface area contributed by atoms with Crippen LogP contribution in [0.15, 0.2) is 60.7 Å². The van der Waals surface area contributed by atoms with E-state index in [0.717, 1.165) is 25.9 Å². The van der Waals surface area contributed by atoms with Crippen LogP contribution >= 0.6 is 22.6 Å². The third kappa shape index (κ3) is 7.28. The van der Waals surface area contributed by atoms with E-state index < -0.39 is 0 Å². The van der Waals surface area contributed by atoms with Crippen molar-refractivity contribution < 1.29 is 4.79 Å². The summed E-state index contributed by atoms with van der Waals surface area (Å²) < 4.78 is 1.22. The maximum absolute atomic E-state index is 11.4. The minimum absolute atomic E-state index is 0.112. The van der Waals surface area contributed by atoms with Gasteiger partial charge in [-0.2, -0.15) is 0 Å². The van der Waals surface area contributed by atoms with Crippen molar-refractivity contribution in [3.05, 3.63) is 71.8 Å². The fourth-order valence-electron chi connectivity index (χ4n) is 3.07. The highest BCUT2D eigenvalue weighted by Gasteiger charge is 2.33. The molecule has 2 aromatic rings. The fraction of sp³-hybridized carbons (Fsp3) is 0.409. The third-order valence-electron chi connectivity index (χ3n) is 4.09. The van der Waals surface area contributed by atoms with Gasteiger partial charge in [0.2, 0.25) is 0 Å². The average Bonchev–Trinajstić information content (AvgIpc) is 3.08. The van der Waals surface area contributed by atoms with Crippen molar-refractivity contribution in [3.8, 4) is 0 Å². The van der Waals surface area contributed by atoms with E-state index in [1.165, 1.54) is 15.6 Å². The molecule has 2 nitrogen and oxygen atoms in total. The van der Waals surface area contributed by atoms with Crippen LogP contribution in [-0.2, 0) is 11.3 Å². The predicted molar refractivity (Wildman–Crippen MR) is 116 cm³/mol. The molecule has 1 aliphatic heterocycles. The Labute approximate surface area is 166 Å². The molecule has 0 amide bonds. The monoisotopic (exact) mass is 451 g/mol. The fourth-order valence-corrected chi connectivity index (χ4v) is 3.07. The highest BCUT2D eigenvalue weighted by atomic mass is 127. The molecule has 1 aliphatic rings. The molecule has 3 rings (SSSR count). The minimum atomic E-state index is 0.112.